The van der Waals surface area contributed by atoms with Crippen LogP contribution in [0.5, 0.6) is 0 Å². The van der Waals surface area contributed by atoms with Crippen molar-refractivity contribution in [3.05, 3.63) is 66.0 Å². The van der Waals surface area contributed by atoms with Gasteiger partial charge in [-0.3, -0.25) is 9.59 Å². The second-order valence-electron chi connectivity index (χ2n) is 7.38. The molecule has 1 heterocycles. The number of nitrogens with zero attached hydrogens (tertiary/aromatic N) is 1. The van der Waals surface area contributed by atoms with E-state index in [-0.39, 0.29) is 23.5 Å². The molecule has 5 nitrogen and oxygen atoms in total. The zero-order chi connectivity index (χ0) is 19.9. The number of amides is 2. The SMILES string of the molecule is C[C@H](CC(=O)N1CC[NH+](CC(=O)Nc2cccc(F)c2)CC1)c1ccccc1. The molecule has 148 valence electrons. The van der Waals surface area contributed by atoms with Crippen LogP contribution in [0.25, 0.3) is 0 Å². The molecule has 0 radical (unpaired) electrons. The van der Waals surface area contributed by atoms with Crippen molar-refractivity contribution < 1.29 is 18.9 Å². The van der Waals surface area contributed by atoms with Crippen LogP contribution in [-0.4, -0.2) is 49.4 Å². The fourth-order valence-corrected chi connectivity index (χ4v) is 3.54. The van der Waals surface area contributed by atoms with Gasteiger partial charge in [0.15, 0.2) is 6.54 Å². The van der Waals surface area contributed by atoms with Crippen molar-refractivity contribution in [3.8, 4) is 0 Å². The molecular formula is C22H27FN3O2+. The van der Waals surface area contributed by atoms with Crippen molar-refractivity contribution in [2.45, 2.75) is 19.3 Å². The zero-order valence-corrected chi connectivity index (χ0v) is 16.2. The number of anilines is 1. The highest BCUT2D eigenvalue weighted by molar-refractivity contribution is 5.91. The summed E-state index contributed by atoms with van der Waals surface area (Å²) < 4.78 is 13.2. The molecule has 1 atom stereocenters. The summed E-state index contributed by atoms with van der Waals surface area (Å²) in [5.74, 6) is -0.157. The largest absolute Gasteiger partial charge is 0.331 e. The Morgan fingerprint density at radius 3 is 2.50 bits per heavy atom. The summed E-state index contributed by atoms with van der Waals surface area (Å²) in [4.78, 5) is 27.8. The summed E-state index contributed by atoms with van der Waals surface area (Å²) in [7, 11) is 0. The molecule has 2 aromatic carbocycles. The van der Waals surface area contributed by atoms with E-state index in [4.69, 9.17) is 0 Å². The third-order valence-corrected chi connectivity index (χ3v) is 5.19. The van der Waals surface area contributed by atoms with Crippen LogP contribution in [-0.2, 0) is 9.59 Å². The van der Waals surface area contributed by atoms with Crippen LogP contribution in [0.3, 0.4) is 0 Å². The van der Waals surface area contributed by atoms with Gasteiger partial charge in [-0.15, -0.1) is 0 Å². The molecule has 3 rings (SSSR count). The topological polar surface area (TPSA) is 53.9 Å². The smallest absolute Gasteiger partial charge is 0.279 e. The molecular weight excluding hydrogens is 357 g/mol. The molecule has 1 aliphatic rings. The Kier molecular flexibility index (Phi) is 6.76. The summed E-state index contributed by atoms with van der Waals surface area (Å²) in [6.07, 6.45) is 0.499. The van der Waals surface area contributed by atoms with Gasteiger partial charge in [0.2, 0.25) is 5.91 Å². The number of piperazine rings is 1. The number of quaternary nitrogens is 1. The van der Waals surface area contributed by atoms with Crippen LogP contribution in [0.2, 0.25) is 0 Å². The molecule has 1 aliphatic heterocycles. The van der Waals surface area contributed by atoms with E-state index in [1.165, 1.54) is 17.7 Å². The Hall–Kier alpha value is -2.73. The standard InChI is InChI=1S/C22H26FN3O2/c1-17(18-6-3-2-4-7-18)14-22(28)26-12-10-25(11-13-26)16-21(27)24-20-9-5-8-19(23)15-20/h2-9,15,17H,10-14,16H2,1H3,(H,24,27)/p+1/t17-/m1/s1. The van der Waals surface area contributed by atoms with Gasteiger partial charge in [0.1, 0.15) is 5.82 Å². The van der Waals surface area contributed by atoms with E-state index in [0.717, 1.165) is 18.0 Å². The van der Waals surface area contributed by atoms with Crippen molar-refractivity contribution in [1.29, 1.82) is 0 Å². The van der Waals surface area contributed by atoms with Crippen LogP contribution < -0.4 is 10.2 Å². The molecule has 1 saturated heterocycles. The van der Waals surface area contributed by atoms with Gasteiger partial charge in [-0.05, 0) is 29.7 Å². The maximum atomic E-state index is 13.2. The molecule has 6 heteroatoms. The average Bonchev–Trinajstić information content (AvgIpc) is 2.69. The van der Waals surface area contributed by atoms with Gasteiger partial charge in [-0.25, -0.2) is 4.39 Å². The molecule has 0 bridgehead atoms. The average molecular weight is 384 g/mol. The van der Waals surface area contributed by atoms with E-state index < -0.39 is 0 Å². The summed E-state index contributed by atoms with van der Waals surface area (Å²) in [6.45, 7) is 5.18. The number of carbonyl (C=O) groups is 2. The van der Waals surface area contributed by atoms with E-state index in [9.17, 15) is 14.0 Å². The van der Waals surface area contributed by atoms with Gasteiger partial charge in [-0.2, -0.15) is 0 Å². The Morgan fingerprint density at radius 1 is 1.11 bits per heavy atom. The van der Waals surface area contributed by atoms with Gasteiger partial charge >= 0.3 is 0 Å². The maximum absolute atomic E-state index is 13.2. The highest BCUT2D eigenvalue weighted by atomic mass is 19.1. The number of rotatable bonds is 6. The molecule has 0 aliphatic carbocycles. The van der Waals surface area contributed by atoms with Crippen LogP contribution in [0.15, 0.2) is 54.6 Å². The van der Waals surface area contributed by atoms with E-state index in [2.05, 4.69) is 24.4 Å². The quantitative estimate of drug-likeness (QED) is 0.796. The molecule has 2 aromatic rings. The molecule has 2 amide bonds. The van der Waals surface area contributed by atoms with Crippen LogP contribution >= 0.6 is 0 Å². The lowest BCUT2D eigenvalue weighted by Crippen LogP contribution is -3.15. The molecule has 0 saturated carbocycles. The minimum absolute atomic E-state index is 0.141. The lowest BCUT2D eigenvalue weighted by molar-refractivity contribution is -0.895. The first-order valence-electron chi connectivity index (χ1n) is 9.73. The second kappa shape index (κ2) is 9.46. The lowest BCUT2D eigenvalue weighted by atomic mass is 9.97. The molecule has 2 N–H and O–H groups in total. The monoisotopic (exact) mass is 384 g/mol. The maximum Gasteiger partial charge on any atom is 0.279 e. The van der Waals surface area contributed by atoms with Gasteiger partial charge < -0.3 is 15.1 Å². The number of hydrogen-bond acceptors (Lipinski definition) is 2. The van der Waals surface area contributed by atoms with Gasteiger partial charge in [0.25, 0.3) is 5.91 Å². The molecule has 0 unspecified atom stereocenters. The molecule has 0 aromatic heterocycles. The molecule has 0 spiro atoms. The highest BCUT2D eigenvalue weighted by Gasteiger charge is 2.26. The van der Waals surface area contributed by atoms with Crippen molar-refractivity contribution in [2.24, 2.45) is 0 Å². The number of carbonyl (C=O) groups excluding carboxylic acids is 2. The minimum Gasteiger partial charge on any atom is -0.331 e. The first kappa shape index (κ1) is 20.0. The van der Waals surface area contributed by atoms with Gasteiger partial charge in [0.05, 0.1) is 26.2 Å². The first-order valence-corrected chi connectivity index (χ1v) is 9.73. The Morgan fingerprint density at radius 2 is 1.82 bits per heavy atom. The Labute approximate surface area is 165 Å². The predicted octanol–water partition coefficient (Wildman–Crippen LogP) is 1.69. The fourth-order valence-electron chi connectivity index (χ4n) is 3.54. The normalized spacial score (nSPS) is 15.9. The van der Waals surface area contributed by atoms with E-state index >= 15 is 0 Å². The number of hydrogen-bond donors (Lipinski definition) is 2. The third-order valence-electron chi connectivity index (χ3n) is 5.19. The third kappa shape index (κ3) is 5.63. The summed E-state index contributed by atoms with van der Waals surface area (Å²) in [6, 6.07) is 16.0. The van der Waals surface area contributed by atoms with E-state index in [0.29, 0.717) is 31.7 Å². The van der Waals surface area contributed by atoms with Crippen LogP contribution in [0.4, 0.5) is 10.1 Å². The molecule has 1 fully saturated rings. The van der Waals surface area contributed by atoms with E-state index in [1.807, 2.05) is 23.1 Å². The van der Waals surface area contributed by atoms with Crippen molar-refractivity contribution in [2.75, 3.05) is 38.0 Å². The number of benzene rings is 2. The fraction of sp³-hybridized carbons (Fsp3) is 0.364. The second-order valence-corrected chi connectivity index (χ2v) is 7.38. The summed E-state index contributed by atoms with van der Waals surface area (Å²) >= 11 is 0. The van der Waals surface area contributed by atoms with Crippen molar-refractivity contribution >= 4 is 17.5 Å². The summed E-state index contributed by atoms with van der Waals surface area (Å²) in [5, 5.41) is 2.73. The predicted molar refractivity (Wildman–Crippen MR) is 107 cm³/mol. The Bertz CT molecular complexity index is 804. The van der Waals surface area contributed by atoms with Gasteiger partial charge in [0, 0.05) is 12.1 Å². The number of nitrogens with one attached hydrogen (secondary N) is 2. The van der Waals surface area contributed by atoms with E-state index in [1.54, 1.807) is 12.1 Å². The van der Waals surface area contributed by atoms with Crippen molar-refractivity contribution in [3.63, 3.8) is 0 Å². The van der Waals surface area contributed by atoms with Gasteiger partial charge in [-0.1, -0.05) is 43.3 Å². The zero-order valence-electron chi connectivity index (χ0n) is 16.2. The molecule has 28 heavy (non-hydrogen) atoms. The van der Waals surface area contributed by atoms with Crippen LogP contribution in [0.1, 0.15) is 24.8 Å². The van der Waals surface area contributed by atoms with Crippen molar-refractivity contribution in [1.82, 2.24) is 4.90 Å². The highest BCUT2D eigenvalue weighted by Crippen LogP contribution is 2.19. The lowest BCUT2D eigenvalue weighted by Gasteiger charge is -2.32. The van der Waals surface area contributed by atoms with Crippen LogP contribution in [0, 0.1) is 5.82 Å². The Balaban J connectivity index is 1.42. The summed E-state index contributed by atoms with van der Waals surface area (Å²) in [5.41, 5.74) is 1.64. The minimum atomic E-state index is -0.373. The first-order chi connectivity index (χ1) is 13.5. The number of halogens is 1.